The van der Waals surface area contributed by atoms with Crippen LogP contribution in [0.25, 0.3) is 0 Å². The van der Waals surface area contributed by atoms with Crippen LogP contribution in [-0.4, -0.2) is 28.7 Å². The summed E-state index contributed by atoms with van der Waals surface area (Å²) in [4.78, 5) is 2.36. The van der Waals surface area contributed by atoms with Crippen LogP contribution in [-0.2, 0) is 6.54 Å². The molecular formula is C12H18ClNO2. The molecule has 1 saturated heterocycles. The van der Waals surface area contributed by atoms with Gasteiger partial charge in [-0.1, -0.05) is 0 Å². The highest BCUT2D eigenvalue weighted by Crippen LogP contribution is 2.24. The van der Waals surface area contributed by atoms with Gasteiger partial charge in [0.15, 0.2) is 5.22 Å². The van der Waals surface area contributed by atoms with Crippen molar-refractivity contribution in [3.63, 3.8) is 0 Å². The molecule has 2 rings (SSSR count). The van der Waals surface area contributed by atoms with E-state index in [0.29, 0.717) is 11.3 Å². The molecule has 0 amide bonds. The van der Waals surface area contributed by atoms with Crippen molar-refractivity contribution in [1.29, 1.82) is 0 Å². The minimum Gasteiger partial charge on any atom is -0.448 e. The van der Waals surface area contributed by atoms with Crippen LogP contribution in [0, 0.1) is 0 Å². The van der Waals surface area contributed by atoms with Crippen molar-refractivity contribution >= 4 is 11.6 Å². The number of rotatable bonds is 4. The Hall–Kier alpha value is -0.510. The van der Waals surface area contributed by atoms with Gasteiger partial charge in [0.25, 0.3) is 0 Å². The van der Waals surface area contributed by atoms with E-state index < -0.39 is 0 Å². The fourth-order valence-corrected chi connectivity index (χ4v) is 2.56. The molecule has 1 aliphatic heterocycles. The van der Waals surface area contributed by atoms with Crippen molar-refractivity contribution in [1.82, 2.24) is 4.90 Å². The van der Waals surface area contributed by atoms with E-state index >= 15 is 0 Å². The molecule has 1 aliphatic rings. The molecule has 16 heavy (non-hydrogen) atoms. The fraction of sp³-hybridized carbons (Fsp3) is 0.667. The SMILES string of the molecule is CC(O)CC1CCCN1Cc1ccc(Cl)o1. The monoisotopic (exact) mass is 243 g/mol. The lowest BCUT2D eigenvalue weighted by Gasteiger charge is -2.24. The molecule has 0 bridgehead atoms. The maximum Gasteiger partial charge on any atom is 0.193 e. The van der Waals surface area contributed by atoms with E-state index in [-0.39, 0.29) is 6.10 Å². The van der Waals surface area contributed by atoms with E-state index in [4.69, 9.17) is 16.0 Å². The first-order chi connectivity index (χ1) is 7.65. The molecule has 2 heterocycles. The van der Waals surface area contributed by atoms with Gasteiger partial charge in [-0.05, 0) is 56.5 Å². The summed E-state index contributed by atoms with van der Waals surface area (Å²) in [5, 5.41) is 9.88. The van der Waals surface area contributed by atoms with Gasteiger partial charge in [0.1, 0.15) is 5.76 Å². The molecule has 0 aliphatic carbocycles. The number of hydrogen-bond acceptors (Lipinski definition) is 3. The first kappa shape index (κ1) is 12.0. The first-order valence-corrected chi connectivity index (χ1v) is 6.19. The Morgan fingerprint density at radius 2 is 2.44 bits per heavy atom. The van der Waals surface area contributed by atoms with E-state index in [1.165, 1.54) is 12.8 Å². The number of aliphatic hydroxyl groups is 1. The van der Waals surface area contributed by atoms with Crippen molar-refractivity contribution in [2.24, 2.45) is 0 Å². The van der Waals surface area contributed by atoms with Gasteiger partial charge in [-0.2, -0.15) is 0 Å². The highest BCUT2D eigenvalue weighted by Gasteiger charge is 2.26. The lowest BCUT2D eigenvalue weighted by molar-refractivity contribution is 0.127. The average molecular weight is 244 g/mol. The maximum absolute atomic E-state index is 9.43. The zero-order valence-corrected chi connectivity index (χ0v) is 10.3. The molecule has 1 aromatic rings. The van der Waals surface area contributed by atoms with Crippen molar-refractivity contribution in [3.05, 3.63) is 23.1 Å². The van der Waals surface area contributed by atoms with Gasteiger partial charge >= 0.3 is 0 Å². The van der Waals surface area contributed by atoms with Crippen molar-refractivity contribution < 1.29 is 9.52 Å². The quantitative estimate of drug-likeness (QED) is 0.883. The fourth-order valence-electron chi connectivity index (χ4n) is 2.40. The lowest BCUT2D eigenvalue weighted by atomic mass is 10.1. The highest BCUT2D eigenvalue weighted by atomic mass is 35.5. The Morgan fingerprint density at radius 3 is 3.06 bits per heavy atom. The maximum atomic E-state index is 9.43. The van der Waals surface area contributed by atoms with Crippen LogP contribution >= 0.6 is 11.6 Å². The second-order valence-electron chi connectivity index (χ2n) is 4.56. The third-order valence-electron chi connectivity index (χ3n) is 3.10. The number of nitrogens with zero attached hydrogens (tertiary/aromatic N) is 1. The number of likely N-dealkylation sites (tertiary alicyclic amines) is 1. The molecule has 4 heteroatoms. The second-order valence-corrected chi connectivity index (χ2v) is 4.93. The molecule has 2 atom stereocenters. The Morgan fingerprint density at radius 1 is 1.62 bits per heavy atom. The second kappa shape index (κ2) is 5.21. The number of hydrogen-bond donors (Lipinski definition) is 1. The standard InChI is InChI=1S/C12H18ClNO2/c1-9(15)7-10-3-2-6-14(10)8-11-4-5-12(13)16-11/h4-5,9-10,15H,2-3,6-8H2,1H3. The predicted octanol–water partition coefficient (Wildman–Crippen LogP) is 2.67. The largest absolute Gasteiger partial charge is 0.448 e. The average Bonchev–Trinajstić information content (AvgIpc) is 2.77. The first-order valence-electron chi connectivity index (χ1n) is 5.81. The Bertz CT molecular complexity index is 338. The molecular weight excluding hydrogens is 226 g/mol. The van der Waals surface area contributed by atoms with Gasteiger partial charge in [-0.15, -0.1) is 0 Å². The molecule has 3 nitrogen and oxygen atoms in total. The van der Waals surface area contributed by atoms with Gasteiger partial charge in [0.2, 0.25) is 0 Å². The minimum absolute atomic E-state index is 0.231. The van der Waals surface area contributed by atoms with Crippen LogP contribution in [0.4, 0.5) is 0 Å². The Labute approximate surface area is 101 Å². The molecule has 0 aromatic carbocycles. The Kier molecular flexibility index (Phi) is 3.90. The molecule has 0 saturated carbocycles. The van der Waals surface area contributed by atoms with Crippen LogP contribution in [0.1, 0.15) is 31.9 Å². The summed E-state index contributed by atoms with van der Waals surface area (Å²) in [5.41, 5.74) is 0. The van der Waals surface area contributed by atoms with Crippen LogP contribution in [0.5, 0.6) is 0 Å². The van der Waals surface area contributed by atoms with Gasteiger partial charge in [0.05, 0.1) is 12.6 Å². The summed E-state index contributed by atoms with van der Waals surface area (Å²) in [6.07, 6.45) is 2.98. The van der Waals surface area contributed by atoms with Gasteiger partial charge in [-0.25, -0.2) is 0 Å². The van der Waals surface area contributed by atoms with Crippen LogP contribution in [0.2, 0.25) is 5.22 Å². The van der Waals surface area contributed by atoms with Crippen molar-refractivity contribution in [2.45, 2.75) is 44.9 Å². The number of aliphatic hydroxyl groups excluding tert-OH is 1. The molecule has 0 radical (unpaired) electrons. The van der Waals surface area contributed by atoms with E-state index in [2.05, 4.69) is 4.90 Å². The van der Waals surface area contributed by atoms with E-state index in [1.807, 2.05) is 13.0 Å². The summed E-state index contributed by atoms with van der Waals surface area (Å²) in [7, 11) is 0. The van der Waals surface area contributed by atoms with Crippen LogP contribution in [0.3, 0.4) is 0 Å². The normalized spacial score (nSPS) is 23.8. The van der Waals surface area contributed by atoms with Crippen molar-refractivity contribution in [3.8, 4) is 0 Å². The summed E-state index contributed by atoms with van der Waals surface area (Å²) in [5.74, 6) is 0.905. The van der Waals surface area contributed by atoms with Gasteiger partial charge in [-0.3, -0.25) is 4.90 Å². The van der Waals surface area contributed by atoms with Crippen molar-refractivity contribution in [2.75, 3.05) is 6.54 Å². The molecule has 2 unspecified atom stereocenters. The van der Waals surface area contributed by atoms with E-state index in [0.717, 1.165) is 25.3 Å². The van der Waals surface area contributed by atoms with Crippen LogP contribution in [0.15, 0.2) is 16.5 Å². The third kappa shape index (κ3) is 3.00. The predicted molar refractivity (Wildman–Crippen MR) is 63.4 cm³/mol. The van der Waals surface area contributed by atoms with Crippen LogP contribution < -0.4 is 0 Å². The third-order valence-corrected chi connectivity index (χ3v) is 3.30. The molecule has 1 N–H and O–H groups in total. The topological polar surface area (TPSA) is 36.6 Å². The zero-order chi connectivity index (χ0) is 11.5. The molecule has 1 fully saturated rings. The van der Waals surface area contributed by atoms with E-state index in [1.54, 1.807) is 6.07 Å². The highest BCUT2D eigenvalue weighted by molar-refractivity contribution is 6.28. The Balaban J connectivity index is 1.93. The summed E-state index contributed by atoms with van der Waals surface area (Å²) in [6, 6.07) is 4.17. The molecule has 90 valence electrons. The van der Waals surface area contributed by atoms with Gasteiger partial charge in [0, 0.05) is 6.04 Å². The van der Waals surface area contributed by atoms with E-state index in [9.17, 15) is 5.11 Å². The molecule has 0 spiro atoms. The zero-order valence-electron chi connectivity index (χ0n) is 9.53. The number of halogens is 1. The smallest absolute Gasteiger partial charge is 0.193 e. The summed E-state index contributed by atoms with van der Waals surface area (Å²) >= 11 is 5.74. The lowest BCUT2D eigenvalue weighted by Crippen LogP contribution is -2.31. The minimum atomic E-state index is -0.231. The number of furan rings is 1. The summed E-state index contributed by atoms with van der Waals surface area (Å²) < 4.78 is 5.36. The summed E-state index contributed by atoms with van der Waals surface area (Å²) in [6.45, 7) is 3.72. The molecule has 1 aromatic heterocycles. The van der Waals surface area contributed by atoms with Gasteiger partial charge < -0.3 is 9.52 Å².